The van der Waals surface area contributed by atoms with Crippen LogP contribution in [0.15, 0.2) is 23.1 Å². The molecule has 0 aliphatic heterocycles. The van der Waals surface area contributed by atoms with E-state index in [1.165, 1.54) is 0 Å². The second kappa shape index (κ2) is 5.38. The first-order valence-electron chi connectivity index (χ1n) is 5.99. The highest BCUT2D eigenvalue weighted by molar-refractivity contribution is 7.89. The maximum Gasteiger partial charge on any atom is 0.241 e. The van der Waals surface area contributed by atoms with Crippen molar-refractivity contribution in [2.75, 3.05) is 6.54 Å². The molecular formula is C13H22N2O2S. The molecule has 0 bridgehead atoms. The maximum atomic E-state index is 12.2. The lowest BCUT2D eigenvalue weighted by molar-refractivity contribution is 0.428. The zero-order valence-electron chi connectivity index (χ0n) is 11.4. The smallest absolute Gasteiger partial charge is 0.241 e. The largest absolute Gasteiger partial charge is 0.330 e. The molecule has 3 N–H and O–H groups in total. The first-order chi connectivity index (χ1) is 8.18. The molecule has 0 spiro atoms. The van der Waals surface area contributed by atoms with Crippen LogP contribution in [0.1, 0.15) is 31.4 Å². The molecular weight excluding hydrogens is 248 g/mol. The number of hydrogen-bond acceptors (Lipinski definition) is 3. The Morgan fingerprint density at radius 1 is 1.22 bits per heavy atom. The fraction of sp³-hybridized carbons (Fsp3) is 0.538. The fourth-order valence-corrected chi connectivity index (χ4v) is 3.24. The van der Waals surface area contributed by atoms with E-state index in [1.54, 1.807) is 12.1 Å². The normalized spacial score (nSPS) is 12.7. The Bertz CT molecular complexity index is 522. The van der Waals surface area contributed by atoms with E-state index in [2.05, 4.69) is 4.72 Å². The topological polar surface area (TPSA) is 72.2 Å². The standard InChI is InChI=1S/C13H22N2O2S/c1-10-5-6-12(9-11(10)2)18(16,17)15-13(3,4)7-8-14/h5-6,9,15H,7-8,14H2,1-4H3. The molecule has 0 heterocycles. The molecule has 0 aliphatic carbocycles. The predicted molar refractivity (Wildman–Crippen MR) is 74.0 cm³/mol. The highest BCUT2D eigenvalue weighted by Gasteiger charge is 2.25. The van der Waals surface area contributed by atoms with E-state index in [0.29, 0.717) is 17.9 Å². The highest BCUT2D eigenvalue weighted by Crippen LogP contribution is 2.18. The summed E-state index contributed by atoms with van der Waals surface area (Å²) in [4.78, 5) is 0.302. The van der Waals surface area contributed by atoms with Crippen LogP contribution in [0.25, 0.3) is 0 Å². The molecule has 4 nitrogen and oxygen atoms in total. The summed E-state index contributed by atoms with van der Waals surface area (Å²) in [6.07, 6.45) is 0.594. The van der Waals surface area contributed by atoms with E-state index >= 15 is 0 Å². The third-order valence-corrected chi connectivity index (χ3v) is 4.66. The molecule has 1 rings (SSSR count). The predicted octanol–water partition coefficient (Wildman–Crippen LogP) is 1.71. The van der Waals surface area contributed by atoms with Gasteiger partial charge in [-0.3, -0.25) is 0 Å². The van der Waals surface area contributed by atoms with Gasteiger partial charge in [0, 0.05) is 5.54 Å². The number of rotatable bonds is 5. The highest BCUT2D eigenvalue weighted by atomic mass is 32.2. The van der Waals surface area contributed by atoms with E-state index in [1.807, 2.05) is 33.8 Å². The lowest BCUT2D eigenvalue weighted by Gasteiger charge is -2.25. The number of benzene rings is 1. The van der Waals surface area contributed by atoms with E-state index in [9.17, 15) is 8.42 Å². The van der Waals surface area contributed by atoms with Crippen LogP contribution in [0.5, 0.6) is 0 Å². The Balaban J connectivity index is 3.03. The molecule has 0 unspecified atom stereocenters. The van der Waals surface area contributed by atoms with Crippen LogP contribution >= 0.6 is 0 Å². The van der Waals surface area contributed by atoms with Crippen molar-refractivity contribution in [1.29, 1.82) is 0 Å². The zero-order valence-corrected chi connectivity index (χ0v) is 12.3. The monoisotopic (exact) mass is 270 g/mol. The van der Waals surface area contributed by atoms with Crippen molar-refractivity contribution in [2.45, 2.75) is 44.6 Å². The van der Waals surface area contributed by atoms with Gasteiger partial charge in [-0.15, -0.1) is 0 Å². The molecule has 18 heavy (non-hydrogen) atoms. The second-order valence-corrected chi connectivity index (χ2v) is 6.96. The van der Waals surface area contributed by atoms with Gasteiger partial charge in [-0.05, 0) is 63.9 Å². The number of hydrogen-bond donors (Lipinski definition) is 2. The summed E-state index contributed by atoms with van der Waals surface area (Å²) >= 11 is 0. The minimum Gasteiger partial charge on any atom is -0.330 e. The quantitative estimate of drug-likeness (QED) is 0.855. The van der Waals surface area contributed by atoms with Crippen LogP contribution in [-0.2, 0) is 10.0 Å². The molecule has 0 amide bonds. The van der Waals surface area contributed by atoms with Gasteiger partial charge in [-0.2, -0.15) is 0 Å². The third-order valence-electron chi connectivity index (χ3n) is 2.97. The van der Waals surface area contributed by atoms with Crippen molar-refractivity contribution in [3.8, 4) is 0 Å². The molecule has 0 atom stereocenters. The van der Waals surface area contributed by atoms with Crippen LogP contribution in [0.3, 0.4) is 0 Å². The summed E-state index contributed by atoms with van der Waals surface area (Å²) < 4.78 is 27.2. The molecule has 0 aliphatic rings. The first kappa shape index (κ1) is 15.1. The van der Waals surface area contributed by atoms with E-state index in [0.717, 1.165) is 11.1 Å². The van der Waals surface area contributed by atoms with Gasteiger partial charge in [0.25, 0.3) is 0 Å². The average Bonchev–Trinajstić information content (AvgIpc) is 2.20. The second-order valence-electron chi connectivity index (χ2n) is 5.27. The van der Waals surface area contributed by atoms with Crippen LogP contribution in [0.4, 0.5) is 0 Å². The van der Waals surface area contributed by atoms with Crippen molar-refractivity contribution in [3.63, 3.8) is 0 Å². The number of nitrogens with one attached hydrogen (secondary N) is 1. The average molecular weight is 270 g/mol. The fourth-order valence-electron chi connectivity index (χ4n) is 1.72. The minimum atomic E-state index is -3.48. The van der Waals surface area contributed by atoms with Gasteiger partial charge in [-0.25, -0.2) is 13.1 Å². The van der Waals surface area contributed by atoms with E-state index in [4.69, 9.17) is 5.73 Å². The molecule has 5 heteroatoms. The lowest BCUT2D eigenvalue weighted by atomic mass is 10.0. The summed E-state index contributed by atoms with van der Waals surface area (Å²) in [6, 6.07) is 5.14. The Morgan fingerprint density at radius 3 is 2.33 bits per heavy atom. The van der Waals surface area contributed by atoms with Crippen molar-refractivity contribution in [2.24, 2.45) is 5.73 Å². The summed E-state index contributed by atoms with van der Waals surface area (Å²) in [6.45, 7) is 7.97. The van der Waals surface area contributed by atoms with Crippen molar-refractivity contribution in [1.82, 2.24) is 4.72 Å². The van der Waals surface area contributed by atoms with Gasteiger partial charge < -0.3 is 5.73 Å². The SMILES string of the molecule is Cc1ccc(S(=O)(=O)NC(C)(C)CCN)cc1C. The Labute approximate surface area is 110 Å². The summed E-state index contributed by atoms with van der Waals surface area (Å²) in [5.41, 5.74) is 6.99. The van der Waals surface area contributed by atoms with Gasteiger partial charge in [0.05, 0.1) is 4.90 Å². The van der Waals surface area contributed by atoms with Gasteiger partial charge in [0.15, 0.2) is 0 Å². The molecule has 102 valence electrons. The lowest BCUT2D eigenvalue weighted by Crippen LogP contribution is -2.44. The Kier molecular flexibility index (Phi) is 4.53. The number of sulfonamides is 1. The summed E-state index contributed by atoms with van der Waals surface area (Å²) in [5.74, 6) is 0. The van der Waals surface area contributed by atoms with Gasteiger partial charge in [-0.1, -0.05) is 6.07 Å². The van der Waals surface area contributed by atoms with Crippen LogP contribution in [0.2, 0.25) is 0 Å². The Hall–Kier alpha value is -0.910. The van der Waals surface area contributed by atoms with Gasteiger partial charge >= 0.3 is 0 Å². The Morgan fingerprint density at radius 2 is 1.83 bits per heavy atom. The molecule has 0 fully saturated rings. The van der Waals surface area contributed by atoms with E-state index < -0.39 is 15.6 Å². The molecule has 1 aromatic carbocycles. The molecule has 0 radical (unpaired) electrons. The molecule has 1 aromatic rings. The summed E-state index contributed by atoms with van der Waals surface area (Å²) in [5, 5.41) is 0. The first-order valence-corrected chi connectivity index (χ1v) is 7.47. The molecule has 0 saturated carbocycles. The van der Waals surface area contributed by atoms with Crippen molar-refractivity contribution in [3.05, 3.63) is 29.3 Å². The third kappa shape index (κ3) is 3.80. The maximum absolute atomic E-state index is 12.2. The van der Waals surface area contributed by atoms with Gasteiger partial charge in [0.1, 0.15) is 0 Å². The number of nitrogens with two attached hydrogens (primary N) is 1. The van der Waals surface area contributed by atoms with Crippen LogP contribution < -0.4 is 10.5 Å². The molecule has 0 saturated heterocycles. The molecule has 0 aromatic heterocycles. The van der Waals surface area contributed by atoms with Crippen molar-refractivity contribution < 1.29 is 8.42 Å². The zero-order chi connectivity index (χ0) is 14.0. The van der Waals surface area contributed by atoms with Crippen LogP contribution in [-0.4, -0.2) is 20.5 Å². The summed E-state index contributed by atoms with van der Waals surface area (Å²) in [7, 11) is -3.48. The van der Waals surface area contributed by atoms with Gasteiger partial charge in [0.2, 0.25) is 10.0 Å². The minimum absolute atomic E-state index is 0.302. The number of aryl methyl sites for hydroxylation is 2. The van der Waals surface area contributed by atoms with Crippen LogP contribution in [0, 0.1) is 13.8 Å². The van der Waals surface area contributed by atoms with Crippen molar-refractivity contribution >= 4 is 10.0 Å². The van der Waals surface area contributed by atoms with E-state index in [-0.39, 0.29) is 0 Å².